The van der Waals surface area contributed by atoms with Crippen molar-refractivity contribution in [1.82, 2.24) is 15.5 Å². The highest BCUT2D eigenvalue weighted by Gasteiger charge is 2.20. The van der Waals surface area contributed by atoms with E-state index in [1.807, 2.05) is 49.4 Å². The number of hydrogen-bond acceptors (Lipinski definition) is 6. The number of methoxy groups -OCH3 is 1. The van der Waals surface area contributed by atoms with Crippen molar-refractivity contribution in [3.8, 4) is 0 Å². The van der Waals surface area contributed by atoms with Gasteiger partial charge in [0.05, 0.1) is 18.4 Å². The molecule has 0 aromatic heterocycles. The molecule has 1 heterocycles. The lowest BCUT2D eigenvalue weighted by Gasteiger charge is -2.21. The smallest absolute Gasteiger partial charge is 0.256 e. The van der Waals surface area contributed by atoms with Crippen LogP contribution < -0.4 is 16.0 Å². The summed E-state index contributed by atoms with van der Waals surface area (Å²) in [6.07, 6.45) is 6.37. The number of hydrogen-bond donors (Lipinski definition) is 3. The Balaban J connectivity index is 1.43. The van der Waals surface area contributed by atoms with Crippen molar-refractivity contribution < 1.29 is 14.3 Å². The Morgan fingerprint density at radius 1 is 1.11 bits per heavy atom. The summed E-state index contributed by atoms with van der Waals surface area (Å²) in [5.74, 6) is 0.419. The van der Waals surface area contributed by atoms with Crippen molar-refractivity contribution in [3.05, 3.63) is 89.9 Å². The van der Waals surface area contributed by atoms with E-state index in [-0.39, 0.29) is 11.8 Å². The SMILES string of the molecule is C=C/C(=C\C=C(/C)NCCN(CC)CCCNC(=O)c1ccc2c(c1)NC(=O)c1ccccc1S2)OC. The van der Waals surface area contributed by atoms with Gasteiger partial charge in [-0.05, 0) is 75.0 Å². The molecule has 1 aliphatic rings. The highest BCUT2D eigenvalue weighted by atomic mass is 32.2. The molecule has 0 fully saturated rings. The first-order valence-electron chi connectivity index (χ1n) is 12.5. The lowest BCUT2D eigenvalue weighted by Crippen LogP contribution is -2.34. The van der Waals surface area contributed by atoms with Gasteiger partial charge in [0.1, 0.15) is 5.76 Å². The third kappa shape index (κ3) is 8.27. The molecule has 37 heavy (non-hydrogen) atoms. The van der Waals surface area contributed by atoms with E-state index in [1.54, 1.807) is 25.3 Å². The largest absolute Gasteiger partial charge is 0.497 e. The molecule has 2 aromatic carbocycles. The number of nitrogens with zero attached hydrogens (tertiary/aromatic N) is 1. The number of rotatable bonds is 13. The van der Waals surface area contributed by atoms with Crippen LogP contribution in [0.1, 0.15) is 41.0 Å². The van der Waals surface area contributed by atoms with Gasteiger partial charge in [-0.25, -0.2) is 0 Å². The van der Waals surface area contributed by atoms with Crippen LogP contribution in [0.5, 0.6) is 0 Å². The fraction of sp³-hybridized carbons (Fsp3) is 0.310. The lowest BCUT2D eigenvalue weighted by atomic mass is 10.1. The number of fused-ring (bicyclic) bond motifs is 2. The number of carbonyl (C=O) groups excluding carboxylic acids is 2. The molecular formula is C29H36N4O3S. The molecule has 0 unspecified atom stereocenters. The zero-order chi connectivity index (χ0) is 26.6. The number of ether oxygens (including phenoxy) is 1. The van der Waals surface area contributed by atoms with E-state index >= 15 is 0 Å². The van der Waals surface area contributed by atoms with Gasteiger partial charge >= 0.3 is 0 Å². The van der Waals surface area contributed by atoms with Crippen molar-refractivity contribution >= 4 is 29.3 Å². The topological polar surface area (TPSA) is 82.7 Å². The van der Waals surface area contributed by atoms with Crippen LogP contribution in [0.3, 0.4) is 0 Å². The minimum atomic E-state index is -0.160. The van der Waals surface area contributed by atoms with Crippen LogP contribution in [0, 0.1) is 0 Å². The van der Waals surface area contributed by atoms with Crippen LogP contribution in [0.4, 0.5) is 5.69 Å². The van der Waals surface area contributed by atoms with Crippen LogP contribution in [0.15, 0.2) is 88.5 Å². The van der Waals surface area contributed by atoms with E-state index in [0.29, 0.717) is 23.4 Å². The Labute approximate surface area is 224 Å². The summed E-state index contributed by atoms with van der Waals surface area (Å²) in [6, 6.07) is 13.0. The number of anilines is 1. The van der Waals surface area contributed by atoms with E-state index in [9.17, 15) is 9.59 Å². The Morgan fingerprint density at radius 2 is 1.92 bits per heavy atom. The summed E-state index contributed by atoms with van der Waals surface area (Å²) in [5, 5.41) is 9.35. The van der Waals surface area contributed by atoms with Crippen molar-refractivity contribution in [2.75, 3.05) is 45.2 Å². The van der Waals surface area contributed by atoms with Crippen LogP contribution in [-0.2, 0) is 4.74 Å². The molecule has 2 amide bonds. The van der Waals surface area contributed by atoms with Crippen molar-refractivity contribution in [1.29, 1.82) is 0 Å². The van der Waals surface area contributed by atoms with Crippen LogP contribution in [0.2, 0.25) is 0 Å². The molecule has 7 nitrogen and oxygen atoms in total. The van der Waals surface area contributed by atoms with Crippen molar-refractivity contribution in [2.24, 2.45) is 0 Å². The summed E-state index contributed by atoms with van der Waals surface area (Å²) in [5.41, 5.74) is 2.89. The van der Waals surface area contributed by atoms with Crippen LogP contribution in [-0.4, -0.2) is 56.5 Å². The molecule has 0 radical (unpaired) electrons. The Kier molecular flexibility index (Phi) is 10.9. The van der Waals surface area contributed by atoms with Crippen LogP contribution >= 0.6 is 11.8 Å². The molecular weight excluding hydrogens is 484 g/mol. The number of likely N-dealkylation sites (N-methyl/N-ethyl adjacent to an activating group) is 1. The number of benzene rings is 2. The predicted octanol–water partition coefficient (Wildman–Crippen LogP) is 5.06. The molecule has 3 rings (SSSR count). The first-order chi connectivity index (χ1) is 17.9. The Bertz CT molecular complexity index is 1180. The van der Waals surface area contributed by atoms with Gasteiger partial charge < -0.3 is 25.6 Å². The van der Waals surface area contributed by atoms with Crippen molar-refractivity contribution in [2.45, 2.75) is 30.1 Å². The van der Waals surface area contributed by atoms with Crippen molar-refractivity contribution in [3.63, 3.8) is 0 Å². The maximum Gasteiger partial charge on any atom is 0.256 e. The zero-order valence-electron chi connectivity index (χ0n) is 21.8. The average Bonchev–Trinajstić information content (AvgIpc) is 3.05. The Hall–Kier alpha value is -3.49. The average molecular weight is 521 g/mol. The second-order valence-electron chi connectivity index (χ2n) is 8.56. The molecule has 0 saturated heterocycles. The van der Waals surface area contributed by atoms with Gasteiger partial charge in [0.2, 0.25) is 0 Å². The third-order valence-electron chi connectivity index (χ3n) is 5.99. The predicted molar refractivity (Wildman–Crippen MR) is 151 cm³/mol. The fourth-order valence-electron chi connectivity index (χ4n) is 3.84. The number of amides is 2. The minimum Gasteiger partial charge on any atom is -0.497 e. The van der Waals surface area contributed by atoms with Gasteiger partial charge in [-0.15, -0.1) is 0 Å². The molecule has 0 saturated carbocycles. The molecule has 196 valence electrons. The van der Waals surface area contributed by atoms with E-state index in [2.05, 4.69) is 34.4 Å². The van der Waals surface area contributed by atoms with E-state index in [4.69, 9.17) is 4.74 Å². The highest BCUT2D eigenvalue weighted by molar-refractivity contribution is 7.99. The van der Waals surface area contributed by atoms with Crippen LogP contribution in [0.25, 0.3) is 0 Å². The first kappa shape index (κ1) is 28.1. The van der Waals surface area contributed by atoms with Gasteiger partial charge in [-0.3, -0.25) is 9.59 Å². The summed E-state index contributed by atoms with van der Waals surface area (Å²) < 4.78 is 5.17. The normalized spacial score (nSPS) is 13.2. The molecule has 0 bridgehead atoms. The Morgan fingerprint density at radius 3 is 2.68 bits per heavy atom. The zero-order valence-corrected chi connectivity index (χ0v) is 22.6. The van der Waals surface area contributed by atoms with Gasteiger partial charge in [0.25, 0.3) is 11.8 Å². The molecule has 2 aromatic rings. The van der Waals surface area contributed by atoms with Gasteiger partial charge in [0.15, 0.2) is 0 Å². The van der Waals surface area contributed by atoms with E-state index in [0.717, 1.165) is 53.8 Å². The monoisotopic (exact) mass is 520 g/mol. The van der Waals surface area contributed by atoms with E-state index < -0.39 is 0 Å². The fourth-order valence-corrected chi connectivity index (χ4v) is 4.85. The maximum absolute atomic E-state index is 12.8. The standard InChI is InChI=1S/C29H36N4O3S/c1-5-23(36-4)14-12-21(3)30-17-19-33(6-2)18-9-16-31-28(34)22-13-15-27-25(20-22)32-29(35)24-10-7-8-11-26(24)37-27/h5,7-8,10-15,20,30H,1,6,9,16-19H2,2-4H3,(H,31,34)(H,32,35)/b21-12+,23-14+. The summed E-state index contributed by atoms with van der Waals surface area (Å²) >= 11 is 1.53. The quantitative estimate of drug-likeness (QED) is 0.195. The third-order valence-corrected chi connectivity index (χ3v) is 7.14. The molecule has 0 atom stereocenters. The molecule has 8 heteroatoms. The minimum absolute atomic E-state index is 0.141. The lowest BCUT2D eigenvalue weighted by molar-refractivity contribution is 0.0950. The highest BCUT2D eigenvalue weighted by Crippen LogP contribution is 2.38. The maximum atomic E-state index is 12.8. The van der Waals surface area contributed by atoms with E-state index in [1.165, 1.54) is 11.8 Å². The molecule has 3 N–H and O–H groups in total. The molecule has 0 aliphatic carbocycles. The second-order valence-corrected chi connectivity index (χ2v) is 9.64. The summed E-state index contributed by atoms with van der Waals surface area (Å²) in [6.45, 7) is 12.0. The van der Waals surface area contributed by atoms with Gasteiger partial charge in [0, 0.05) is 40.7 Å². The van der Waals surface area contributed by atoms with Gasteiger partial charge in [-0.1, -0.05) is 37.4 Å². The molecule has 1 aliphatic heterocycles. The first-order valence-corrected chi connectivity index (χ1v) is 13.3. The second kappa shape index (κ2) is 14.3. The summed E-state index contributed by atoms with van der Waals surface area (Å²) in [4.78, 5) is 29.5. The summed E-state index contributed by atoms with van der Waals surface area (Å²) in [7, 11) is 1.62. The molecule has 0 spiro atoms. The number of nitrogens with one attached hydrogen (secondary N) is 3. The van der Waals surface area contributed by atoms with Gasteiger partial charge in [-0.2, -0.15) is 0 Å². The number of allylic oxidation sites excluding steroid dienone is 4. The number of carbonyl (C=O) groups is 2.